The number of hydrogen-bond donors (Lipinski definition) is 1. The van der Waals surface area contributed by atoms with Crippen LogP contribution in [0, 0.1) is 6.92 Å². The summed E-state index contributed by atoms with van der Waals surface area (Å²) in [6.07, 6.45) is 1.96. The first kappa shape index (κ1) is 13.7. The molecular weight excluding hydrogens is 214 g/mol. The summed E-state index contributed by atoms with van der Waals surface area (Å²) in [6.45, 7) is 2.82. The Labute approximate surface area is 103 Å². The molecule has 1 aromatic carbocycles. The summed E-state index contributed by atoms with van der Waals surface area (Å²) in [5, 5.41) is 8.70. The molecule has 0 spiro atoms. The van der Waals surface area contributed by atoms with Crippen molar-refractivity contribution in [3.8, 4) is 0 Å². The van der Waals surface area contributed by atoms with Crippen molar-refractivity contribution < 1.29 is 9.90 Å². The van der Waals surface area contributed by atoms with E-state index in [0.29, 0.717) is 19.4 Å². The highest BCUT2D eigenvalue weighted by molar-refractivity contribution is 5.76. The van der Waals surface area contributed by atoms with Crippen LogP contribution in [0.4, 0.5) is 0 Å². The van der Waals surface area contributed by atoms with E-state index in [1.807, 2.05) is 12.1 Å². The third-order valence-corrected chi connectivity index (χ3v) is 2.79. The van der Waals surface area contributed by atoms with E-state index in [-0.39, 0.29) is 12.5 Å². The molecule has 1 aromatic rings. The van der Waals surface area contributed by atoms with E-state index < -0.39 is 0 Å². The van der Waals surface area contributed by atoms with Crippen LogP contribution >= 0.6 is 0 Å². The second-order valence-corrected chi connectivity index (χ2v) is 4.38. The molecular formula is C14H21NO2. The maximum absolute atomic E-state index is 11.8. The van der Waals surface area contributed by atoms with Gasteiger partial charge in [0, 0.05) is 26.6 Å². The number of aryl methyl sites for hydroxylation is 2. The van der Waals surface area contributed by atoms with Crippen LogP contribution in [0.1, 0.15) is 24.0 Å². The van der Waals surface area contributed by atoms with Gasteiger partial charge in [0.15, 0.2) is 0 Å². The van der Waals surface area contributed by atoms with Gasteiger partial charge in [0.2, 0.25) is 5.91 Å². The lowest BCUT2D eigenvalue weighted by Gasteiger charge is -2.16. The summed E-state index contributed by atoms with van der Waals surface area (Å²) in [5.74, 6) is 0.139. The molecule has 0 aliphatic heterocycles. The van der Waals surface area contributed by atoms with Crippen molar-refractivity contribution in [2.45, 2.75) is 26.2 Å². The molecule has 0 fully saturated rings. The molecule has 17 heavy (non-hydrogen) atoms. The summed E-state index contributed by atoms with van der Waals surface area (Å²) in [4.78, 5) is 13.4. The van der Waals surface area contributed by atoms with E-state index in [1.54, 1.807) is 11.9 Å². The van der Waals surface area contributed by atoms with Gasteiger partial charge in [-0.15, -0.1) is 0 Å². The number of hydrogen-bond acceptors (Lipinski definition) is 2. The number of carbonyl (C=O) groups is 1. The third-order valence-electron chi connectivity index (χ3n) is 2.79. The fourth-order valence-corrected chi connectivity index (χ4v) is 1.74. The van der Waals surface area contributed by atoms with Crippen LogP contribution < -0.4 is 0 Å². The molecule has 1 N–H and O–H groups in total. The zero-order chi connectivity index (χ0) is 12.7. The summed E-state index contributed by atoms with van der Waals surface area (Å²) in [7, 11) is 1.79. The minimum Gasteiger partial charge on any atom is -0.396 e. The van der Waals surface area contributed by atoms with Crippen molar-refractivity contribution in [2.75, 3.05) is 20.2 Å². The quantitative estimate of drug-likeness (QED) is 0.816. The van der Waals surface area contributed by atoms with E-state index >= 15 is 0 Å². The number of benzene rings is 1. The average Bonchev–Trinajstić information content (AvgIpc) is 2.33. The second-order valence-electron chi connectivity index (χ2n) is 4.38. The topological polar surface area (TPSA) is 40.5 Å². The molecule has 0 unspecified atom stereocenters. The van der Waals surface area contributed by atoms with Gasteiger partial charge < -0.3 is 10.0 Å². The smallest absolute Gasteiger partial charge is 0.222 e. The van der Waals surface area contributed by atoms with Gasteiger partial charge in [0.25, 0.3) is 0 Å². The van der Waals surface area contributed by atoms with Crippen LogP contribution in [-0.2, 0) is 11.2 Å². The summed E-state index contributed by atoms with van der Waals surface area (Å²) in [6, 6.07) is 8.23. The second kappa shape index (κ2) is 7.07. The summed E-state index contributed by atoms with van der Waals surface area (Å²) >= 11 is 0. The van der Waals surface area contributed by atoms with Crippen LogP contribution in [-0.4, -0.2) is 36.1 Å². The molecule has 3 nitrogen and oxygen atoms in total. The van der Waals surface area contributed by atoms with Crippen molar-refractivity contribution in [1.82, 2.24) is 4.90 Å². The van der Waals surface area contributed by atoms with Crippen molar-refractivity contribution in [2.24, 2.45) is 0 Å². The third kappa shape index (κ3) is 5.00. The molecule has 94 valence electrons. The predicted molar refractivity (Wildman–Crippen MR) is 68.8 cm³/mol. The fraction of sp³-hybridized carbons (Fsp3) is 0.500. The highest BCUT2D eigenvalue weighted by atomic mass is 16.3. The van der Waals surface area contributed by atoms with E-state index in [0.717, 1.165) is 6.42 Å². The fourth-order valence-electron chi connectivity index (χ4n) is 1.74. The van der Waals surface area contributed by atoms with Crippen LogP contribution in [0.2, 0.25) is 0 Å². The van der Waals surface area contributed by atoms with Crippen molar-refractivity contribution >= 4 is 5.91 Å². The minimum atomic E-state index is 0.134. The monoisotopic (exact) mass is 235 g/mol. The lowest BCUT2D eigenvalue weighted by atomic mass is 10.1. The highest BCUT2D eigenvalue weighted by Crippen LogP contribution is 2.07. The lowest BCUT2D eigenvalue weighted by Crippen LogP contribution is -2.28. The van der Waals surface area contributed by atoms with Crippen LogP contribution in [0.25, 0.3) is 0 Å². The molecule has 0 saturated carbocycles. The van der Waals surface area contributed by atoms with E-state index in [4.69, 9.17) is 5.11 Å². The van der Waals surface area contributed by atoms with E-state index in [2.05, 4.69) is 19.1 Å². The Morgan fingerprint density at radius 3 is 2.82 bits per heavy atom. The number of nitrogens with zero attached hydrogens (tertiary/aromatic N) is 1. The summed E-state index contributed by atoms with van der Waals surface area (Å²) in [5.41, 5.74) is 2.43. The normalized spacial score (nSPS) is 10.3. The molecule has 0 saturated heterocycles. The molecule has 1 rings (SSSR count). The first-order chi connectivity index (χ1) is 8.13. The average molecular weight is 235 g/mol. The molecule has 0 aliphatic rings. The van der Waals surface area contributed by atoms with Gasteiger partial charge in [-0.3, -0.25) is 4.79 Å². The van der Waals surface area contributed by atoms with Gasteiger partial charge in [-0.25, -0.2) is 0 Å². The Hall–Kier alpha value is -1.35. The molecule has 1 amide bonds. The Kier molecular flexibility index (Phi) is 5.70. The first-order valence-electron chi connectivity index (χ1n) is 6.04. The standard InChI is InChI=1S/C14H21NO2/c1-12-5-3-6-13(11-12)7-8-14(17)15(2)9-4-10-16/h3,5-6,11,16H,4,7-10H2,1-2H3. The van der Waals surface area contributed by atoms with Crippen molar-refractivity contribution in [3.05, 3.63) is 35.4 Å². The first-order valence-corrected chi connectivity index (χ1v) is 6.04. The Morgan fingerprint density at radius 1 is 1.41 bits per heavy atom. The Morgan fingerprint density at radius 2 is 2.18 bits per heavy atom. The minimum absolute atomic E-state index is 0.134. The van der Waals surface area contributed by atoms with Crippen molar-refractivity contribution in [1.29, 1.82) is 0 Å². The maximum Gasteiger partial charge on any atom is 0.222 e. The molecule has 0 radical (unpaired) electrons. The maximum atomic E-state index is 11.8. The number of aliphatic hydroxyl groups is 1. The van der Waals surface area contributed by atoms with Gasteiger partial charge in [0.05, 0.1) is 0 Å². The molecule has 0 atom stereocenters. The van der Waals surface area contributed by atoms with Gasteiger partial charge in [-0.1, -0.05) is 29.8 Å². The van der Waals surface area contributed by atoms with E-state index in [1.165, 1.54) is 11.1 Å². The molecule has 0 aliphatic carbocycles. The van der Waals surface area contributed by atoms with Gasteiger partial charge in [0.1, 0.15) is 0 Å². The summed E-state index contributed by atoms with van der Waals surface area (Å²) < 4.78 is 0. The van der Waals surface area contributed by atoms with Crippen molar-refractivity contribution in [3.63, 3.8) is 0 Å². The molecule has 0 bridgehead atoms. The molecule has 0 aromatic heterocycles. The van der Waals surface area contributed by atoms with E-state index in [9.17, 15) is 4.79 Å². The number of carbonyl (C=O) groups excluding carboxylic acids is 1. The highest BCUT2D eigenvalue weighted by Gasteiger charge is 2.08. The van der Waals surface area contributed by atoms with Gasteiger partial charge >= 0.3 is 0 Å². The predicted octanol–water partition coefficient (Wildman–Crippen LogP) is 1.77. The zero-order valence-corrected chi connectivity index (χ0v) is 10.6. The number of aliphatic hydroxyl groups excluding tert-OH is 1. The van der Waals surface area contributed by atoms with Gasteiger partial charge in [-0.05, 0) is 25.3 Å². The van der Waals surface area contributed by atoms with Crippen LogP contribution in [0.5, 0.6) is 0 Å². The number of rotatable bonds is 6. The zero-order valence-electron chi connectivity index (χ0n) is 10.6. The SMILES string of the molecule is Cc1cccc(CCC(=O)N(C)CCCO)c1. The Bertz CT molecular complexity index is 363. The lowest BCUT2D eigenvalue weighted by molar-refractivity contribution is -0.129. The number of amides is 1. The Balaban J connectivity index is 2.37. The largest absolute Gasteiger partial charge is 0.396 e. The van der Waals surface area contributed by atoms with Crippen LogP contribution in [0.3, 0.4) is 0 Å². The van der Waals surface area contributed by atoms with Gasteiger partial charge in [-0.2, -0.15) is 0 Å². The molecule has 0 heterocycles. The molecule has 3 heteroatoms. The van der Waals surface area contributed by atoms with Crippen LogP contribution in [0.15, 0.2) is 24.3 Å².